The Morgan fingerprint density at radius 1 is 1.25 bits per heavy atom. The third-order valence-corrected chi connectivity index (χ3v) is 4.18. The maximum absolute atomic E-state index is 12.2. The van der Waals surface area contributed by atoms with Gasteiger partial charge in [-0.25, -0.2) is 4.98 Å². The molecule has 5 nitrogen and oxygen atoms in total. The first-order valence-corrected chi connectivity index (χ1v) is 8.16. The molecule has 0 spiro atoms. The number of rotatable bonds is 3. The molecule has 1 atom stereocenters. The summed E-state index contributed by atoms with van der Waals surface area (Å²) in [6.07, 6.45) is 1.32. The number of amides is 1. The van der Waals surface area contributed by atoms with E-state index in [9.17, 15) is 4.79 Å². The molecule has 1 saturated heterocycles. The van der Waals surface area contributed by atoms with Crippen molar-refractivity contribution in [1.82, 2.24) is 4.98 Å². The number of hydrogen-bond acceptors (Lipinski definition) is 4. The number of aromatic nitrogens is 1. The molecular weight excluding hydrogens is 328 g/mol. The second-order valence-corrected chi connectivity index (χ2v) is 6.14. The van der Waals surface area contributed by atoms with Gasteiger partial charge < -0.3 is 14.5 Å². The van der Waals surface area contributed by atoms with E-state index in [1.54, 1.807) is 18.2 Å². The molecular formula is C18H15ClN2O3. The Hall–Kier alpha value is -2.37. The minimum Gasteiger partial charge on any atom is -0.436 e. The highest BCUT2D eigenvalue weighted by atomic mass is 35.5. The number of ether oxygens (including phenoxy) is 1. The highest BCUT2D eigenvalue weighted by Gasteiger charge is 2.23. The monoisotopic (exact) mass is 342 g/mol. The van der Waals surface area contributed by atoms with E-state index in [0.717, 1.165) is 18.4 Å². The Bertz CT molecular complexity index is 900. The van der Waals surface area contributed by atoms with Crippen LogP contribution in [0.4, 0.5) is 5.69 Å². The molecule has 1 aliphatic rings. The van der Waals surface area contributed by atoms with E-state index in [4.69, 9.17) is 20.8 Å². The zero-order valence-corrected chi connectivity index (χ0v) is 13.5. The molecule has 0 radical (unpaired) electrons. The quantitative estimate of drug-likeness (QED) is 0.772. The Kier molecular flexibility index (Phi) is 3.96. The molecule has 6 heteroatoms. The predicted octanol–water partition coefficient (Wildman–Crippen LogP) is 4.27. The Balaban J connectivity index is 1.60. The van der Waals surface area contributed by atoms with Crippen LogP contribution < -0.4 is 5.32 Å². The number of fused-ring (bicyclic) bond motifs is 1. The van der Waals surface area contributed by atoms with E-state index in [-0.39, 0.29) is 12.0 Å². The summed E-state index contributed by atoms with van der Waals surface area (Å²) in [5.74, 6) is 0.370. The molecule has 1 amide bonds. The fourth-order valence-electron chi connectivity index (χ4n) is 2.76. The minimum atomic E-state index is -0.361. The summed E-state index contributed by atoms with van der Waals surface area (Å²) in [4.78, 5) is 16.6. The molecule has 0 unspecified atom stereocenters. The number of nitrogens with one attached hydrogen (secondary N) is 1. The van der Waals surface area contributed by atoms with Crippen molar-refractivity contribution in [2.24, 2.45) is 0 Å². The van der Waals surface area contributed by atoms with Crippen molar-refractivity contribution >= 4 is 34.3 Å². The number of benzene rings is 2. The van der Waals surface area contributed by atoms with E-state index in [0.29, 0.717) is 34.3 Å². The maximum Gasteiger partial charge on any atom is 0.253 e. The highest BCUT2D eigenvalue weighted by molar-refractivity contribution is 6.31. The highest BCUT2D eigenvalue weighted by Crippen LogP contribution is 2.28. The summed E-state index contributed by atoms with van der Waals surface area (Å²) in [5, 5.41) is 3.49. The second-order valence-electron chi connectivity index (χ2n) is 5.70. The van der Waals surface area contributed by atoms with Crippen molar-refractivity contribution in [3.63, 3.8) is 0 Å². The van der Waals surface area contributed by atoms with Crippen molar-refractivity contribution in [2.75, 3.05) is 11.9 Å². The van der Waals surface area contributed by atoms with Crippen LogP contribution in [0.15, 0.2) is 46.9 Å². The number of nitrogens with zero attached hydrogens (tertiary/aromatic N) is 1. The van der Waals surface area contributed by atoms with Crippen LogP contribution in [0.5, 0.6) is 0 Å². The van der Waals surface area contributed by atoms with Gasteiger partial charge in [0.2, 0.25) is 5.89 Å². The summed E-state index contributed by atoms with van der Waals surface area (Å²) in [7, 11) is 0. The van der Waals surface area contributed by atoms with Gasteiger partial charge in [0.05, 0.1) is 0 Å². The van der Waals surface area contributed by atoms with Crippen molar-refractivity contribution in [1.29, 1.82) is 0 Å². The minimum absolute atomic E-state index is 0.117. The normalized spacial score (nSPS) is 17.3. The SMILES string of the molecule is O=C(Nc1cccc(-c2nc3cc(Cl)ccc3o2)c1)[C@H]1CCCO1. The topological polar surface area (TPSA) is 64.4 Å². The number of anilines is 1. The van der Waals surface area contributed by atoms with E-state index in [1.165, 1.54) is 0 Å². The fourth-order valence-corrected chi connectivity index (χ4v) is 2.93. The summed E-state index contributed by atoms with van der Waals surface area (Å²) < 4.78 is 11.2. The van der Waals surface area contributed by atoms with Crippen molar-refractivity contribution in [3.05, 3.63) is 47.5 Å². The number of halogens is 1. The lowest BCUT2D eigenvalue weighted by atomic mass is 10.2. The molecule has 2 heterocycles. The van der Waals surface area contributed by atoms with Gasteiger partial charge in [0.25, 0.3) is 5.91 Å². The molecule has 0 aliphatic carbocycles. The molecule has 122 valence electrons. The molecule has 4 rings (SSSR count). The van der Waals surface area contributed by atoms with Gasteiger partial charge in [-0.15, -0.1) is 0 Å². The zero-order valence-electron chi connectivity index (χ0n) is 12.8. The van der Waals surface area contributed by atoms with Crippen molar-refractivity contribution < 1.29 is 13.9 Å². The van der Waals surface area contributed by atoms with E-state index < -0.39 is 0 Å². The van der Waals surface area contributed by atoms with Crippen LogP contribution >= 0.6 is 11.6 Å². The summed E-state index contributed by atoms with van der Waals surface area (Å²) in [6.45, 7) is 0.642. The average molecular weight is 343 g/mol. The van der Waals surface area contributed by atoms with E-state index in [2.05, 4.69) is 10.3 Å². The first-order chi connectivity index (χ1) is 11.7. The lowest BCUT2D eigenvalue weighted by Crippen LogP contribution is -2.26. The van der Waals surface area contributed by atoms with Gasteiger partial charge >= 0.3 is 0 Å². The third-order valence-electron chi connectivity index (χ3n) is 3.95. The lowest BCUT2D eigenvalue weighted by Gasteiger charge is -2.10. The molecule has 2 aromatic carbocycles. The van der Waals surface area contributed by atoms with Gasteiger partial charge in [-0.3, -0.25) is 4.79 Å². The first-order valence-electron chi connectivity index (χ1n) is 7.78. The van der Waals surface area contributed by atoms with Crippen LogP contribution in [-0.2, 0) is 9.53 Å². The van der Waals surface area contributed by atoms with E-state index >= 15 is 0 Å². The Morgan fingerprint density at radius 2 is 2.17 bits per heavy atom. The maximum atomic E-state index is 12.2. The van der Waals surface area contributed by atoms with Crippen LogP contribution in [0.3, 0.4) is 0 Å². The largest absolute Gasteiger partial charge is 0.436 e. The Morgan fingerprint density at radius 3 is 3.00 bits per heavy atom. The van der Waals surface area contributed by atoms with Crippen LogP contribution in [0.2, 0.25) is 5.02 Å². The number of carbonyl (C=O) groups excluding carboxylic acids is 1. The van der Waals surface area contributed by atoms with Gasteiger partial charge in [0.1, 0.15) is 11.6 Å². The molecule has 1 fully saturated rings. The summed E-state index contributed by atoms with van der Waals surface area (Å²) in [5.41, 5.74) is 2.84. The first kappa shape index (κ1) is 15.2. The van der Waals surface area contributed by atoms with E-state index in [1.807, 2.05) is 24.3 Å². The van der Waals surface area contributed by atoms with Crippen molar-refractivity contribution in [2.45, 2.75) is 18.9 Å². The molecule has 0 bridgehead atoms. The van der Waals surface area contributed by atoms with Gasteiger partial charge in [-0.05, 0) is 49.2 Å². The average Bonchev–Trinajstić information content (AvgIpc) is 3.24. The van der Waals surface area contributed by atoms with Gasteiger partial charge in [0.15, 0.2) is 5.58 Å². The molecule has 0 saturated carbocycles. The third kappa shape index (κ3) is 3.00. The van der Waals surface area contributed by atoms with Crippen LogP contribution in [-0.4, -0.2) is 23.6 Å². The second kappa shape index (κ2) is 6.26. The van der Waals surface area contributed by atoms with Crippen LogP contribution in [0.25, 0.3) is 22.6 Å². The van der Waals surface area contributed by atoms with Crippen LogP contribution in [0, 0.1) is 0 Å². The number of hydrogen-bond donors (Lipinski definition) is 1. The molecule has 1 N–H and O–H groups in total. The van der Waals surface area contributed by atoms with Gasteiger partial charge in [0, 0.05) is 22.9 Å². The van der Waals surface area contributed by atoms with Crippen LogP contribution in [0.1, 0.15) is 12.8 Å². The fraction of sp³-hybridized carbons (Fsp3) is 0.222. The van der Waals surface area contributed by atoms with Gasteiger partial charge in [-0.2, -0.15) is 0 Å². The Labute approximate surface area is 143 Å². The predicted molar refractivity (Wildman–Crippen MR) is 92.1 cm³/mol. The lowest BCUT2D eigenvalue weighted by molar-refractivity contribution is -0.124. The zero-order chi connectivity index (χ0) is 16.5. The van der Waals surface area contributed by atoms with Gasteiger partial charge in [-0.1, -0.05) is 17.7 Å². The molecule has 3 aromatic rings. The smallest absolute Gasteiger partial charge is 0.253 e. The standard InChI is InChI=1S/C18H15ClN2O3/c19-12-6-7-15-14(10-12)21-18(24-15)11-3-1-4-13(9-11)20-17(22)16-5-2-8-23-16/h1,3-4,6-7,9-10,16H,2,5,8H2,(H,20,22)/t16-/m1/s1. The number of carbonyl (C=O) groups is 1. The molecule has 1 aromatic heterocycles. The summed E-state index contributed by atoms with van der Waals surface area (Å²) in [6, 6.07) is 12.7. The molecule has 1 aliphatic heterocycles. The summed E-state index contributed by atoms with van der Waals surface area (Å²) >= 11 is 5.98. The van der Waals surface area contributed by atoms with Crippen molar-refractivity contribution in [3.8, 4) is 11.5 Å². The molecule has 24 heavy (non-hydrogen) atoms. The number of oxazole rings is 1.